The van der Waals surface area contributed by atoms with Crippen molar-refractivity contribution in [3.05, 3.63) is 72.9 Å². The van der Waals surface area contributed by atoms with Crippen molar-refractivity contribution in [1.29, 1.82) is 0 Å². The standard InChI is InChI=1S/C25H24N6O3S2/c26-24(34)20-12-31(15-27-20)18(13-32)8-10-30-9-7-16-5-6-17(11-21(16)30)28-23(33)14-35-25-29-19-3-1-2-4-22(19)36-25/h1-7,9,11-12,15,18,32H,8,10,13-14H2,(H2,26,34)(H,28,33)/t18-/m1/s1. The summed E-state index contributed by atoms with van der Waals surface area (Å²) in [5.74, 6) is -0.424. The number of imidazole rings is 1. The highest BCUT2D eigenvalue weighted by Gasteiger charge is 2.14. The number of aromatic nitrogens is 4. The summed E-state index contributed by atoms with van der Waals surface area (Å²) in [6.07, 6.45) is 5.66. The molecule has 184 valence electrons. The second kappa shape index (κ2) is 10.5. The SMILES string of the molecule is NC(=O)c1cn([C@@H](CO)CCn2ccc3ccc(NC(=O)CSc4nc5ccccc5s4)cc32)cn1. The van der Waals surface area contributed by atoms with Gasteiger partial charge in [-0.3, -0.25) is 9.59 Å². The molecule has 0 aliphatic rings. The number of anilines is 1. The molecule has 2 aromatic carbocycles. The summed E-state index contributed by atoms with van der Waals surface area (Å²) in [5.41, 5.74) is 8.09. The van der Waals surface area contributed by atoms with Gasteiger partial charge in [0.15, 0.2) is 4.34 Å². The van der Waals surface area contributed by atoms with E-state index >= 15 is 0 Å². The summed E-state index contributed by atoms with van der Waals surface area (Å²) < 4.78 is 5.77. The summed E-state index contributed by atoms with van der Waals surface area (Å²) in [7, 11) is 0. The lowest BCUT2D eigenvalue weighted by Crippen LogP contribution is -2.15. The Balaban J connectivity index is 1.22. The first-order valence-corrected chi connectivity index (χ1v) is 13.1. The number of nitrogens with two attached hydrogens (primary N) is 1. The molecule has 3 aromatic heterocycles. The third-order valence-electron chi connectivity index (χ3n) is 5.85. The minimum absolute atomic E-state index is 0.0950. The molecule has 3 heterocycles. The number of hydrogen-bond acceptors (Lipinski definition) is 7. The molecule has 11 heteroatoms. The fraction of sp³-hybridized carbons (Fsp3) is 0.200. The van der Waals surface area contributed by atoms with Gasteiger partial charge in [-0.1, -0.05) is 30.0 Å². The minimum atomic E-state index is -0.602. The maximum Gasteiger partial charge on any atom is 0.268 e. The first-order valence-electron chi connectivity index (χ1n) is 11.3. The van der Waals surface area contributed by atoms with Crippen LogP contribution in [0, 0.1) is 0 Å². The average Bonchev–Trinajstić information content (AvgIpc) is 3.61. The molecule has 0 spiro atoms. The molecule has 0 aliphatic heterocycles. The third-order valence-corrected chi connectivity index (χ3v) is 8.03. The number of hydrogen-bond donors (Lipinski definition) is 3. The fourth-order valence-electron chi connectivity index (χ4n) is 3.98. The van der Waals surface area contributed by atoms with Crippen molar-refractivity contribution in [2.45, 2.75) is 23.3 Å². The first kappa shape index (κ1) is 24.0. The maximum absolute atomic E-state index is 12.6. The van der Waals surface area contributed by atoms with E-state index in [0.29, 0.717) is 13.0 Å². The molecule has 0 aliphatic carbocycles. The van der Waals surface area contributed by atoms with Gasteiger partial charge in [0, 0.05) is 24.6 Å². The Kier molecular flexibility index (Phi) is 7.03. The van der Waals surface area contributed by atoms with Crippen molar-refractivity contribution in [2.75, 3.05) is 17.7 Å². The summed E-state index contributed by atoms with van der Waals surface area (Å²) in [5, 5.41) is 13.9. The largest absolute Gasteiger partial charge is 0.394 e. The molecule has 4 N–H and O–H groups in total. The number of nitrogens with zero attached hydrogens (tertiary/aromatic N) is 4. The number of nitrogens with one attached hydrogen (secondary N) is 1. The Labute approximate surface area is 215 Å². The molecule has 0 saturated heterocycles. The summed E-state index contributed by atoms with van der Waals surface area (Å²) in [6, 6.07) is 15.5. The summed E-state index contributed by atoms with van der Waals surface area (Å²) in [6.45, 7) is 0.533. The van der Waals surface area contributed by atoms with Crippen LogP contribution < -0.4 is 11.1 Å². The molecular weight excluding hydrogens is 496 g/mol. The molecule has 0 radical (unpaired) electrons. The Hall–Kier alpha value is -3.67. The zero-order valence-corrected chi connectivity index (χ0v) is 20.8. The van der Waals surface area contributed by atoms with Gasteiger partial charge in [-0.05, 0) is 42.1 Å². The number of carbonyl (C=O) groups is 2. The van der Waals surface area contributed by atoms with Gasteiger partial charge in [-0.2, -0.15) is 0 Å². The Morgan fingerprint density at radius 2 is 2.06 bits per heavy atom. The van der Waals surface area contributed by atoms with E-state index in [9.17, 15) is 14.7 Å². The number of amides is 2. The number of aliphatic hydroxyl groups excluding tert-OH is 1. The predicted molar refractivity (Wildman–Crippen MR) is 142 cm³/mol. The lowest BCUT2D eigenvalue weighted by atomic mass is 10.2. The Morgan fingerprint density at radius 1 is 1.19 bits per heavy atom. The number of primary amides is 1. The van der Waals surface area contributed by atoms with Gasteiger partial charge < -0.3 is 25.3 Å². The molecule has 9 nitrogen and oxygen atoms in total. The minimum Gasteiger partial charge on any atom is -0.394 e. The number of fused-ring (bicyclic) bond motifs is 2. The van der Waals surface area contributed by atoms with Gasteiger partial charge in [0.25, 0.3) is 5.91 Å². The van der Waals surface area contributed by atoms with Crippen molar-refractivity contribution < 1.29 is 14.7 Å². The number of aliphatic hydroxyl groups is 1. The van der Waals surface area contributed by atoms with E-state index in [1.807, 2.05) is 54.7 Å². The van der Waals surface area contributed by atoms with Crippen LogP contribution in [0.2, 0.25) is 0 Å². The van der Waals surface area contributed by atoms with Gasteiger partial charge in [0.05, 0.1) is 40.5 Å². The van der Waals surface area contributed by atoms with Gasteiger partial charge >= 0.3 is 0 Å². The quantitative estimate of drug-likeness (QED) is 0.240. The Bertz CT molecular complexity index is 1510. The van der Waals surface area contributed by atoms with E-state index in [4.69, 9.17) is 5.73 Å². The zero-order valence-electron chi connectivity index (χ0n) is 19.2. The van der Waals surface area contributed by atoms with E-state index < -0.39 is 5.91 Å². The van der Waals surface area contributed by atoms with E-state index in [1.54, 1.807) is 22.1 Å². The van der Waals surface area contributed by atoms with Crippen molar-refractivity contribution in [3.63, 3.8) is 0 Å². The monoisotopic (exact) mass is 520 g/mol. The van der Waals surface area contributed by atoms with E-state index in [1.165, 1.54) is 18.1 Å². The number of thiazole rings is 1. The molecule has 0 bridgehead atoms. The number of carbonyl (C=O) groups excluding carboxylic acids is 2. The number of benzene rings is 2. The van der Waals surface area contributed by atoms with Crippen LogP contribution in [0.4, 0.5) is 5.69 Å². The van der Waals surface area contributed by atoms with Gasteiger partial charge in [0.1, 0.15) is 5.69 Å². The molecular formula is C25H24N6O3S2. The topological polar surface area (TPSA) is 128 Å². The maximum atomic E-state index is 12.6. The van der Waals surface area contributed by atoms with Crippen LogP contribution in [0.15, 0.2) is 71.6 Å². The average molecular weight is 521 g/mol. The lowest BCUT2D eigenvalue weighted by molar-refractivity contribution is -0.113. The number of aryl methyl sites for hydroxylation is 1. The normalized spacial score (nSPS) is 12.2. The molecule has 36 heavy (non-hydrogen) atoms. The van der Waals surface area contributed by atoms with Crippen LogP contribution in [0.3, 0.4) is 0 Å². The highest BCUT2D eigenvalue weighted by molar-refractivity contribution is 8.01. The van der Waals surface area contributed by atoms with Crippen LogP contribution >= 0.6 is 23.1 Å². The molecule has 0 unspecified atom stereocenters. The molecule has 0 saturated carbocycles. The second-order valence-electron chi connectivity index (χ2n) is 8.26. The van der Waals surface area contributed by atoms with Crippen LogP contribution in [-0.4, -0.2) is 48.4 Å². The summed E-state index contributed by atoms with van der Waals surface area (Å²) in [4.78, 5) is 32.5. The van der Waals surface area contributed by atoms with Crippen LogP contribution in [0.25, 0.3) is 21.1 Å². The van der Waals surface area contributed by atoms with E-state index in [-0.39, 0.29) is 30.0 Å². The second-order valence-corrected chi connectivity index (χ2v) is 10.5. The van der Waals surface area contributed by atoms with Crippen LogP contribution in [-0.2, 0) is 11.3 Å². The fourth-order valence-corrected chi connectivity index (χ4v) is 5.85. The van der Waals surface area contributed by atoms with Crippen molar-refractivity contribution >= 4 is 61.7 Å². The molecule has 1 atom stereocenters. The highest BCUT2D eigenvalue weighted by atomic mass is 32.2. The molecule has 5 aromatic rings. The van der Waals surface area contributed by atoms with Crippen molar-refractivity contribution in [2.24, 2.45) is 5.73 Å². The van der Waals surface area contributed by atoms with Crippen molar-refractivity contribution in [1.82, 2.24) is 19.1 Å². The van der Waals surface area contributed by atoms with E-state index in [2.05, 4.69) is 19.9 Å². The summed E-state index contributed by atoms with van der Waals surface area (Å²) >= 11 is 3.01. The zero-order chi connectivity index (χ0) is 25.1. The third kappa shape index (κ3) is 5.27. The van der Waals surface area contributed by atoms with Gasteiger partial charge in [0.2, 0.25) is 5.91 Å². The van der Waals surface area contributed by atoms with Crippen LogP contribution in [0.1, 0.15) is 23.0 Å². The van der Waals surface area contributed by atoms with Gasteiger partial charge in [-0.15, -0.1) is 11.3 Å². The number of para-hydroxylation sites is 1. The van der Waals surface area contributed by atoms with E-state index in [0.717, 1.165) is 31.1 Å². The van der Waals surface area contributed by atoms with Crippen LogP contribution in [0.5, 0.6) is 0 Å². The number of thioether (sulfide) groups is 1. The first-order chi connectivity index (χ1) is 17.5. The predicted octanol–water partition coefficient (Wildman–Crippen LogP) is 3.90. The highest BCUT2D eigenvalue weighted by Crippen LogP contribution is 2.29. The molecule has 5 rings (SSSR count). The number of rotatable bonds is 10. The lowest BCUT2D eigenvalue weighted by Gasteiger charge is -2.16. The smallest absolute Gasteiger partial charge is 0.268 e. The Morgan fingerprint density at radius 3 is 2.83 bits per heavy atom. The molecule has 0 fully saturated rings. The van der Waals surface area contributed by atoms with Gasteiger partial charge in [-0.25, -0.2) is 9.97 Å². The van der Waals surface area contributed by atoms with Crippen molar-refractivity contribution in [3.8, 4) is 0 Å². The molecule has 2 amide bonds.